The average Bonchev–Trinajstić information content (AvgIpc) is 2.22. The number of nitrogens with zero attached hydrogens (tertiary/aromatic N) is 1. The Morgan fingerprint density at radius 1 is 1.38 bits per heavy atom. The first-order chi connectivity index (χ1) is 7.63. The molecule has 4 heteroatoms. The average molecular weight is 228 g/mol. The van der Waals surface area contributed by atoms with Gasteiger partial charge in [-0.15, -0.1) is 0 Å². The van der Waals surface area contributed by atoms with Gasteiger partial charge in [-0.25, -0.2) is 0 Å². The molecule has 0 spiro atoms. The fraction of sp³-hybridized carbons (Fsp3) is 0.917. The first kappa shape index (κ1) is 13.5. The topological polar surface area (TPSA) is 41.6 Å². The second-order valence-corrected chi connectivity index (χ2v) is 4.57. The Morgan fingerprint density at radius 2 is 2.00 bits per heavy atom. The molecule has 94 valence electrons. The number of hydrogen-bond acceptors (Lipinski definition) is 3. The number of amides is 1. The normalized spacial score (nSPS) is 25.8. The van der Waals surface area contributed by atoms with E-state index in [1.165, 1.54) is 0 Å². The summed E-state index contributed by atoms with van der Waals surface area (Å²) in [4.78, 5) is 13.9. The van der Waals surface area contributed by atoms with E-state index in [2.05, 4.69) is 19.2 Å². The van der Waals surface area contributed by atoms with Crippen molar-refractivity contribution in [2.45, 2.75) is 45.7 Å². The lowest BCUT2D eigenvalue weighted by molar-refractivity contribution is -0.133. The van der Waals surface area contributed by atoms with Crippen molar-refractivity contribution in [2.75, 3.05) is 26.3 Å². The molecule has 0 aromatic carbocycles. The lowest BCUT2D eigenvalue weighted by Crippen LogP contribution is -2.55. The molecule has 4 nitrogen and oxygen atoms in total. The molecule has 1 saturated heterocycles. The smallest absolute Gasteiger partial charge is 0.222 e. The molecule has 1 aliphatic rings. The van der Waals surface area contributed by atoms with Gasteiger partial charge in [0.25, 0.3) is 0 Å². The van der Waals surface area contributed by atoms with Crippen molar-refractivity contribution >= 4 is 5.91 Å². The Morgan fingerprint density at radius 3 is 2.56 bits per heavy atom. The van der Waals surface area contributed by atoms with Gasteiger partial charge in [0, 0.05) is 44.8 Å². The van der Waals surface area contributed by atoms with Crippen LogP contribution in [0.25, 0.3) is 0 Å². The highest BCUT2D eigenvalue weighted by Crippen LogP contribution is 2.07. The van der Waals surface area contributed by atoms with E-state index in [4.69, 9.17) is 4.74 Å². The number of piperazine rings is 1. The van der Waals surface area contributed by atoms with Gasteiger partial charge in [0.1, 0.15) is 0 Å². The van der Waals surface area contributed by atoms with E-state index in [1.807, 2.05) is 11.8 Å². The molecule has 1 N–H and O–H groups in total. The maximum absolute atomic E-state index is 11.9. The number of rotatable bonds is 5. The van der Waals surface area contributed by atoms with Crippen LogP contribution < -0.4 is 5.32 Å². The van der Waals surface area contributed by atoms with Crippen LogP contribution >= 0.6 is 0 Å². The Bertz CT molecular complexity index is 211. The number of nitrogens with one attached hydrogen (secondary N) is 1. The lowest BCUT2D eigenvalue weighted by atomic mass is 10.1. The minimum atomic E-state index is 0.264. The summed E-state index contributed by atoms with van der Waals surface area (Å²) in [7, 11) is 0. The van der Waals surface area contributed by atoms with Gasteiger partial charge >= 0.3 is 0 Å². The molecule has 1 rings (SSSR count). The molecule has 0 bridgehead atoms. The molecule has 1 aliphatic heterocycles. The molecule has 2 atom stereocenters. The predicted molar refractivity (Wildman–Crippen MR) is 64.4 cm³/mol. The Balaban J connectivity index is 2.24. The van der Waals surface area contributed by atoms with Crippen LogP contribution in [0.15, 0.2) is 0 Å². The van der Waals surface area contributed by atoms with Gasteiger partial charge in [-0.3, -0.25) is 4.79 Å². The van der Waals surface area contributed by atoms with Crippen molar-refractivity contribution in [1.29, 1.82) is 0 Å². The van der Waals surface area contributed by atoms with Crippen LogP contribution in [0, 0.1) is 0 Å². The van der Waals surface area contributed by atoms with Crippen molar-refractivity contribution < 1.29 is 9.53 Å². The van der Waals surface area contributed by atoms with Crippen LogP contribution in [0.2, 0.25) is 0 Å². The largest absolute Gasteiger partial charge is 0.382 e. The van der Waals surface area contributed by atoms with Crippen molar-refractivity contribution in [3.05, 3.63) is 0 Å². The summed E-state index contributed by atoms with van der Waals surface area (Å²) in [6, 6.07) is 0.805. The minimum absolute atomic E-state index is 0.264. The highest BCUT2D eigenvalue weighted by molar-refractivity contribution is 5.76. The summed E-state index contributed by atoms with van der Waals surface area (Å²) >= 11 is 0. The van der Waals surface area contributed by atoms with E-state index in [0.29, 0.717) is 25.1 Å². The van der Waals surface area contributed by atoms with Crippen LogP contribution in [-0.4, -0.2) is 49.2 Å². The SMILES string of the molecule is CCOCCCC(=O)N1CC(C)NC(C)C1. The number of hydrogen-bond donors (Lipinski definition) is 1. The third-order valence-electron chi connectivity index (χ3n) is 2.79. The summed E-state index contributed by atoms with van der Waals surface area (Å²) < 4.78 is 5.23. The summed E-state index contributed by atoms with van der Waals surface area (Å²) in [6.45, 7) is 9.30. The van der Waals surface area contributed by atoms with Gasteiger partial charge in [-0.1, -0.05) is 0 Å². The molecule has 0 saturated carbocycles. The summed E-state index contributed by atoms with van der Waals surface area (Å²) in [5.74, 6) is 0.264. The third kappa shape index (κ3) is 4.49. The molecule has 16 heavy (non-hydrogen) atoms. The zero-order valence-corrected chi connectivity index (χ0v) is 10.7. The number of carbonyl (C=O) groups is 1. The molecule has 0 radical (unpaired) electrons. The van der Waals surface area contributed by atoms with Crippen molar-refractivity contribution in [3.8, 4) is 0 Å². The van der Waals surface area contributed by atoms with Gasteiger partial charge in [-0.2, -0.15) is 0 Å². The molecule has 2 unspecified atom stereocenters. The van der Waals surface area contributed by atoms with Crippen molar-refractivity contribution in [1.82, 2.24) is 10.2 Å². The molecule has 1 amide bonds. The van der Waals surface area contributed by atoms with E-state index in [-0.39, 0.29) is 5.91 Å². The predicted octanol–water partition coefficient (Wildman–Crippen LogP) is 1.01. The zero-order chi connectivity index (χ0) is 12.0. The first-order valence-electron chi connectivity index (χ1n) is 6.25. The van der Waals surface area contributed by atoms with Gasteiger partial charge in [0.05, 0.1) is 0 Å². The van der Waals surface area contributed by atoms with E-state index < -0.39 is 0 Å². The maximum atomic E-state index is 11.9. The Kier molecular flexibility index (Phi) is 5.77. The van der Waals surface area contributed by atoms with Crippen LogP contribution in [-0.2, 0) is 9.53 Å². The monoisotopic (exact) mass is 228 g/mol. The van der Waals surface area contributed by atoms with Crippen LogP contribution in [0.1, 0.15) is 33.6 Å². The third-order valence-corrected chi connectivity index (χ3v) is 2.79. The van der Waals surface area contributed by atoms with Gasteiger partial charge in [-0.05, 0) is 27.2 Å². The Hall–Kier alpha value is -0.610. The summed E-state index contributed by atoms with van der Waals surface area (Å²) in [6.07, 6.45) is 1.44. The van der Waals surface area contributed by atoms with E-state index in [9.17, 15) is 4.79 Å². The molecule has 1 heterocycles. The van der Waals surface area contributed by atoms with Crippen LogP contribution in [0.3, 0.4) is 0 Å². The fourth-order valence-corrected chi connectivity index (χ4v) is 2.16. The van der Waals surface area contributed by atoms with E-state index in [1.54, 1.807) is 0 Å². The minimum Gasteiger partial charge on any atom is -0.382 e. The fourth-order valence-electron chi connectivity index (χ4n) is 2.16. The van der Waals surface area contributed by atoms with Crippen LogP contribution in [0.4, 0.5) is 0 Å². The second-order valence-electron chi connectivity index (χ2n) is 4.57. The lowest BCUT2D eigenvalue weighted by Gasteiger charge is -2.36. The molecule has 1 fully saturated rings. The van der Waals surface area contributed by atoms with Crippen molar-refractivity contribution in [2.24, 2.45) is 0 Å². The van der Waals surface area contributed by atoms with E-state index >= 15 is 0 Å². The zero-order valence-electron chi connectivity index (χ0n) is 10.7. The van der Waals surface area contributed by atoms with Crippen LogP contribution in [0.5, 0.6) is 0 Å². The molecule has 0 aliphatic carbocycles. The summed E-state index contributed by atoms with van der Waals surface area (Å²) in [5.41, 5.74) is 0. The number of carbonyl (C=O) groups excluding carboxylic acids is 1. The van der Waals surface area contributed by atoms with Crippen molar-refractivity contribution in [3.63, 3.8) is 0 Å². The standard InChI is InChI=1S/C12H24N2O2/c1-4-16-7-5-6-12(15)14-8-10(2)13-11(3)9-14/h10-11,13H,4-9H2,1-3H3. The highest BCUT2D eigenvalue weighted by atomic mass is 16.5. The Labute approximate surface area is 98.3 Å². The highest BCUT2D eigenvalue weighted by Gasteiger charge is 2.23. The molecular formula is C12H24N2O2. The number of ether oxygens (including phenoxy) is 1. The molecule has 0 aromatic heterocycles. The second kappa shape index (κ2) is 6.86. The maximum Gasteiger partial charge on any atom is 0.222 e. The molecule has 0 aromatic rings. The quantitative estimate of drug-likeness (QED) is 0.714. The first-order valence-corrected chi connectivity index (χ1v) is 6.25. The van der Waals surface area contributed by atoms with E-state index in [0.717, 1.165) is 26.1 Å². The molecular weight excluding hydrogens is 204 g/mol. The summed E-state index contributed by atoms with van der Waals surface area (Å²) in [5, 5.41) is 3.42. The van der Waals surface area contributed by atoms with Gasteiger partial charge < -0.3 is 15.0 Å². The van der Waals surface area contributed by atoms with Gasteiger partial charge in [0.2, 0.25) is 5.91 Å². The van der Waals surface area contributed by atoms with Gasteiger partial charge in [0.15, 0.2) is 0 Å².